The summed E-state index contributed by atoms with van der Waals surface area (Å²) in [6.07, 6.45) is -1.18. The molecule has 1 atom stereocenters. The average molecular weight is 185 g/mol. The van der Waals surface area contributed by atoms with Crippen molar-refractivity contribution in [1.29, 1.82) is 0 Å². The van der Waals surface area contributed by atoms with Gasteiger partial charge in [0.05, 0.1) is 7.11 Å². The molecule has 0 saturated heterocycles. The average Bonchev–Trinajstić information content (AvgIpc) is 2.18. The summed E-state index contributed by atoms with van der Waals surface area (Å²) in [5, 5.41) is 0. The van der Waals surface area contributed by atoms with Crippen molar-refractivity contribution in [2.45, 2.75) is 6.17 Å². The maximum Gasteiger partial charge on any atom is 0.150 e. The highest BCUT2D eigenvalue weighted by molar-refractivity contribution is 5.28. The van der Waals surface area contributed by atoms with Crippen molar-refractivity contribution in [3.05, 3.63) is 29.8 Å². The molecule has 0 aliphatic heterocycles. The zero-order valence-corrected chi connectivity index (χ0v) is 7.37. The SMILES string of the molecule is COc1ccc(C(F)CON)cc1. The molecule has 0 aliphatic carbocycles. The van der Waals surface area contributed by atoms with Gasteiger partial charge >= 0.3 is 0 Å². The normalized spacial score (nSPS) is 12.5. The van der Waals surface area contributed by atoms with Crippen molar-refractivity contribution in [3.63, 3.8) is 0 Å². The Morgan fingerprint density at radius 3 is 2.46 bits per heavy atom. The second kappa shape index (κ2) is 4.79. The molecule has 0 saturated carbocycles. The van der Waals surface area contributed by atoms with E-state index in [1.165, 1.54) is 0 Å². The summed E-state index contributed by atoms with van der Waals surface area (Å²) >= 11 is 0. The molecule has 0 bridgehead atoms. The molecule has 3 nitrogen and oxygen atoms in total. The molecule has 1 unspecified atom stereocenters. The van der Waals surface area contributed by atoms with Crippen LogP contribution in [-0.2, 0) is 4.84 Å². The predicted molar refractivity (Wildman–Crippen MR) is 47.0 cm³/mol. The van der Waals surface area contributed by atoms with Crippen LogP contribution in [0.15, 0.2) is 24.3 Å². The first kappa shape index (κ1) is 9.95. The first-order chi connectivity index (χ1) is 6.27. The fourth-order valence-electron chi connectivity index (χ4n) is 0.993. The van der Waals surface area contributed by atoms with Crippen LogP contribution in [0.4, 0.5) is 4.39 Å². The largest absolute Gasteiger partial charge is 0.497 e. The lowest BCUT2D eigenvalue weighted by atomic mass is 10.1. The summed E-state index contributed by atoms with van der Waals surface area (Å²) < 4.78 is 18.1. The first-order valence-electron chi connectivity index (χ1n) is 3.87. The zero-order chi connectivity index (χ0) is 9.68. The van der Waals surface area contributed by atoms with Crippen LogP contribution in [0.1, 0.15) is 11.7 Å². The molecule has 4 heteroatoms. The Kier molecular flexibility index (Phi) is 3.67. The number of halogens is 1. The minimum absolute atomic E-state index is 0.133. The van der Waals surface area contributed by atoms with Crippen LogP contribution in [0.2, 0.25) is 0 Å². The van der Waals surface area contributed by atoms with Crippen LogP contribution in [0.3, 0.4) is 0 Å². The van der Waals surface area contributed by atoms with Gasteiger partial charge in [0.25, 0.3) is 0 Å². The summed E-state index contributed by atoms with van der Waals surface area (Å²) in [5.41, 5.74) is 0.534. The van der Waals surface area contributed by atoms with Gasteiger partial charge in [-0.25, -0.2) is 10.3 Å². The van der Waals surface area contributed by atoms with Gasteiger partial charge in [0.1, 0.15) is 12.4 Å². The maximum atomic E-state index is 13.1. The van der Waals surface area contributed by atoms with E-state index in [4.69, 9.17) is 10.6 Å². The summed E-state index contributed by atoms with van der Waals surface area (Å²) in [5.74, 6) is 5.46. The minimum Gasteiger partial charge on any atom is -0.497 e. The molecular formula is C9H12FNO2. The number of benzene rings is 1. The zero-order valence-electron chi connectivity index (χ0n) is 7.37. The summed E-state index contributed by atoms with van der Waals surface area (Å²) in [6, 6.07) is 6.67. The standard InChI is InChI=1S/C9H12FNO2/c1-12-8-4-2-7(3-5-8)9(10)6-13-11/h2-5,9H,6,11H2,1H3. The van der Waals surface area contributed by atoms with Gasteiger partial charge in [-0.2, -0.15) is 0 Å². The Morgan fingerprint density at radius 1 is 1.38 bits per heavy atom. The summed E-state index contributed by atoms with van der Waals surface area (Å²) in [4.78, 5) is 4.21. The van der Waals surface area contributed by atoms with Gasteiger partial charge in [0.15, 0.2) is 6.17 Å². The van der Waals surface area contributed by atoms with Crippen LogP contribution in [0.25, 0.3) is 0 Å². The topological polar surface area (TPSA) is 44.5 Å². The molecule has 0 radical (unpaired) electrons. The van der Waals surface area contributed by atoms with E-state index < -0.39 is 6.17 Å². The molecule has 0 amide bonds. The third-order valence-electron chi connectivity index (χ3n) is 1.72. The molecule has 13 heavy (non-hydrogen) atoms. The van der Waals surface area contributed by atoms with E-state index in [2.05, 4.69) is 4.84 Å². The van der Waals surface area contributed by atoms with Crippen LogP contribution in [0, 0.1) is 0 Å². The molecule has 2 N–H and O–H groups in total. The van der Waals surface area contributed by atoms with Crippen molar-refractivity contribution in [1.82, 2.24) is 0 Å². The van der Waals surface area contributed by atoms with Crippen molar-refractivity contribution in [2.75, 3.05) is 13.7 Å². The van der Waals surface area contributed by atoms with Crippen molar-refractivity contribution >= 4 is 0 Å². The molecule has 1 aromatic rings. The second-order valence-electron chi connectivity index (χ2n) is 2.57. The predicted octanol–water partition coefficient (Wildman–Crippen LogP) is 1.60. The lowest BCUT2D eigenvalue weighted by Crippen LogP contribution is -2.07. The number of rotatable bonds is 4. The number of alkyl halides is 1. The van der Waals surface area contributed by atoms with Crippen molar-refractivity contribution < 1.29 is 14.0 Å². The lowest BCUT2D eigenvalue weighted by Gasteiger charge is -2.07. The first-order valence-corrected chi connectivity index (χ1v) is 3.87. The maximum absolute atomic E-state index is 13.1. The van der Waals surface area contributed by atoms with E-state index in [0.29, 0.717) is 11.3 Å². The fraction of sp³-hybridized carbons (Fsp3) is 0.333. The van der Waals surface area contributed by atoms with Gasteiger partial charge in [0.2, 0.25) is 0 Å². The van der Waals surface area contributed by atoms with E-state index >= 15 is 0 Å². The number of hydrogen-bond donors (Lipinski definition) is 1. The van der Waals surface area contributed by atoms with E-state index in [1.807, 2.05) is 0 Å². The Balaban J connectivity index is 2.67. The molecule has 72 valence electrons. The van der Waals surface area contributed by atoms with Gasteiger partial charge < -0.3 is 9.57 Å². The third-order valence-corrected chi connectivity index (χ3v) is 1.72. The van der Waals surface area contributed by atoms with Gasteiger partial charge in [-0.1, -0.05) is 12.1 Å². The number of methoxy groups -OCH3 is 1. The summed E-state index contributed by atoms with van der Waals surface area (Å²) in [7, 11) is 1.56. The monoisotopic (exact) mass is 185 g/mol. The van der Waals surface area contributed by atoms with E-state index in [-0.39, 0.29) is 6.61 Å². The quantitative estimate of drug-likeness (QED) is 0.724. The highest BCUT2D eigenvalue weighted by Gasteiger charge is 2.08. The number of hydrogen-bond acceptors (Lipinski definition) is 3. The van der Waals surface area contributed by atoms with Gasteiger partial charge in [-0.15, -0.1) is 0 Å². The number of ether oxygens (including phenoxy) is 1. The molecule has 1 rings (SSSR count). The Bertz CT molecular complexity index is 250. The highest BCUT2D eigenvalue weighted by atomic mass is 19.1. The van der Waals surface area contributed by atoms with Crippen LogP contribution >= 0.6 is 0 Å². The van der Waals surface area contributed by atoms with Gasteiger partial charge in [-0.05, 0) is 17.7 Å². The molecule has 0 heterocycles. The Labute approximate surface area is 76.2 Å². The smallest absolute Gasteiger partial charge is 0.150 e. The van der Waals surface area contributed by atoms with Crippen molar-refractivity contribution in [3.8, 4) is 5.75 Å². The molecule has 0 fully saturated rings. The summed E-state index contributed by atoms with van der Waals surface area (Å²) in [6.45, 7) is -0.133. The molecule has 0 spiro atoms. The van der Waals surface area contributed by atoms with Crippen LogP contribution in [0.5, 0.6) is 5.75 Å². The van der Waals surface area contributed by atoms with Crippen LogP contribution in [-0.4, -0.2) is 13.7 Å². The molecule has 0 aromatic heterocycles. The fourth-order valence-corrected chi connectivity index (χ4v) is 0.993. The van der Waals surface area contributed by atoms with Crippen LogP contribution < -0.4 is 10.6 Å². The van der Waals surface area contributed by atoms with Gasteiger partial charge in [-0.3, -0.25) is 0 Å². The minimum atomic E-state index is -1.18. The van der Waals surface area contributed by atoms with Crippen molar-refractivity contribution in [2.24, 2.45) is 5.90 Å². The van der Waals surface area contributed by atoms with Gasteiger partial charge in [0, 0.05) is 0 Å². The lowest BCUT2D eigenvalue weighted by molar-refractivity contribution is 0.0816. The third kappa shape index (κ3) is 2.68. The van der Waals surface area contributed by atoms with E-state index in [1.54, 1.807) is 31.4 Å². The molecule has 0 aliphatic rings. The number of nitrogens with two attached hydrogens (primary N) is 1. The van der Waals surface area contributed by atoms with E-state index in [9.17, 15) is 4.39 Å². The Morgan fingerprint density at radius 2 is 2.00 bits per heavy atom. The molecule has 1 aromatic carbocycles. The van der Waals surface area contributed by atoms with E-state index in [0.717, 1.165) is 0 Å². The second-order valence-corrected chi connectivity index (χ2v) is 2.57. The molecular weight excluding hydrogens is 173 g/mol. The highest BCUT2D eigenvalue weighted by Crippen LogP contribution is 2.20. The Hall–Kier alpha value is -1.13.